The van der Waals surface area contributed by atoms with Gasteiger partial charge in [0.05, 0.1) is 11.3 Å². The van der Waals surface area contributed by atoms with E-state index in [0.717, 1.165) is 6.07 Å². The van der Waals surface area contributed by atoms with E-state index in [0.29, 0.717) is 12.4 Å². The summed E-state index contributed by atoms with van der Waals surface area (Å²) in [7, 11) is 0. The van der Waals surface area contributed by atoms with Crippen molar-refractivity contribution in [3.05, 3.63) is 59.4 Å². The van der Waals surface area contributed by atoms with Crippen LogP contribution in [0, 0.1) is 17.5 Å². The molecule has 120 valence electrons. The molecule has 0 aliphatic heterocycles. The number of carbonyl (C=O) groups excluding carboxylic acids is 2. The van der Waals surface area contributed by atoms with Crippen molar-refractivity contribution in [1.82, 2.24) is 0 Å². The Morgan fingerprint density at radius 2 is 1.83 bits per heavy atom. The van der Waals surface area contributed by atoms with Gasteiger partial charge in [0.2, 0.25) is 0 Å². The molecule has 0 aliphatic carbocycles. The summed E-state index contributed by atoms with van der Waals surface area (Å²) in [5, 5.41) is 2.10. The van der Waals surface area contributed by atoms with Crippen LogP contribution >= 0.6 is 0 Å². The number of amides is 1. The lowest BCUT2D eigenvalue weighted by atomic mass is 10.2. The average Bonchev–Trinajstić information content (AvgIpc) is 2.55. The Kier molecular flexibility index (Phi) is 5.00. The van der Waals surface area contributed by atoms with Crippen LogP contribution in [0.2, 0.25) is 0 Å². The van der Waals surface area contributed by atoms with Crippen molar-refractivity contribution < 1.29 is 27.5 Å². The van der Waals surface area contributed by atoms with Crippen molar-refractivity contribution in [3.63, 3.8) is 0 Å². The van der Waals surface area contributed by atoms with E-state index < -0.39 is 35.2 Å². The third-order valence-corrected chi connectivity index (χ3v) is 3.01. The Morgan fingerprint density at radius 1 is 1.13 bits per heavy atom. The van der Waals surface area contributed by atoms with E-state index in [4.69, 9.17) is 4.74 Å². The Balaban J connectivity index is 2.12. The lowest BCUT2D eigenvalue weighted by Gasteiger charge is -2.16. The molecule has 0 fully saturated rings. The van der Waals surface area contributed by atoms with Crippen LogP contribution in [-0.4, -0.2) is 18.3 Å². The molecule has 0 aliphatic rings. The second-order valence-corrected chi connectivity index (χ2v) is 4.63. The van der Waals surface area contributed by atoms with Crippen LogP contribution in [0.25, 0.3) is 0 Å². The van der Waals surface area contributed by atoms with Gasteiger partial charge in [-0.25, -0.2) is 13.2 Å². The maximum Gasteiger partial charge on any atom is 0.265 e. The van der Waals surface area contributed by atoms with Crippen LogP contribution in [-0.2, 0) is 4.79 Å². The van der Waals surface area contributed by atoms with Gasteiger partial charge in [-0.05, 0) is 31.2 Å². The van der Waals surface area contributed by atoms with E-state index in [1.54, 1.807) is 12.1 Å². The minimum Gasteiger partial charge on any atom is -0.480 e. The highest BCUT2D eigenvalue weighted by Crippen LogP contribution is 2.21. The molecular weight excluding hydrogens is 311 g/mol. The minimum absolute atomic E-state index is 0.177. The second kappa shape index (κ2) is 6.95. The molecule has 0 radical (unpaired) electrons. The molecule has 23 heavy (non-hydrogen) atoms. The number of anilines is 1. The van der Waals surface area contributed by atoms with Crippen LogP contribution in [0.4, 0.5) is 18.9 Å². The highest BCUT2D eigenvalue weighted by molar-refractivity contribution is 5.94. The lowest BCUT2D eigenvalue weighted by molar-refractivity contribution is -0.122. The van der Waals surface area contributed by atoms with Gasteiger partial charge in [-0.1, -0.05) is 12.1 Å². The molecular formula is C16H12F3NO3. The smallest absolute Gasteiger partial charge is 0.265 e. The fourth-order valence-corrected chi connectivity index (χ4v) is 1.79. The molecule has 4 nitrogen and oxygen atoms in total. The van der Waals surface area contributed by atoms with Gasteiger partial charge in [-0.3, -0.25) is 9.59 Å². The van der Waals surface area contributed by atoms with Crippen molar-refractivity contribution in [2.45, 2.75) is 13.0 Å². The van der Waals surface area contributed by atoms with Gasteiger partial charge in [-0.2, -0.15) is 0 Å². The zero-order chi connectivity index (χ0) is 17.0. The molecule has 0 saturated carbocycles. The molecule has 2 aromatic rings. The third-order valence-electron chi connectivity index (χ3n) is 3.01. The van der Waals surface area contributed by atoms with E-state index in [2.05, 4.69) is 5.32 Å². The Morgan fingerprint density at radius 3 is 2.52 bits per heavy atom. The predicted octanol–water partition coefficient (Wildman–Crippen LogP) is 3.32. The summed E-state index contributed by atoms with van der Waals surface area (Å²) in [5.41, 5.74) is -0.265. The SMILES string of the molecule is C[C@@H](Oc1ccccc1C=O)C(=O)Nc1ccc(F)c(F)c1F. The van der Waals surface area contributed by atoms with Crippen LogP contribution in [0.3, 0.4) is 0 Å². The quantitative estimate of drug-likeness (QED) is 0.678. The molecule has 1 atom stereocenters. The second-order valence-electron chi connectivity index (χ2n) is 4.63. The number of nitrogens with one attached hydrogen (secondary N) is 1. The van der Waals surface area contributed by atoms with Crippen molar-refractivity contribution in [1.29, 1.82) is 0 Å². The van der Waals surface area contributed by atoms with Crippen LogP contribution in [0.1, 0.15) is 17.3 Å². The first-order valence-electron chi connectivity index (χ1n) is 6.59. The maximum atomic E-state index is 13.5. The standard InChI is InChI=1S/C16H12F3NO3/c1-9(23-13-5-3-2-4-10(13)8-21)16(22)20-12-7-6-11(17)14(18)15(12)19/h2-9H,1H3,(H,20,22)/t9-/m1/s1. The first-order chi connectivity index (χ1) is 10.9. The molecule has 1 N–H and O–H groups in total. The molecule has 2 rings (SSSR count). The molecule has 0 aromatic heterocycles. The number of rotatable bonds is 5. The Labute approximate surface area is 129 Å². The molecule has 0 unspecified atom stereocenters. The van der Waals surface area contributed by atoms with Crippen molar-refractivity contribution >= 4 is 17.9 Å². The number of hydrogen-bond acceptors (Lipinski definition) is 3. The maximum absolute atomic E-state index is 13.5. The zero-order valence-corrected chi connectivity index (χ0v) is 12.0. The summed E-state index contributed by atoms with van der Waals surface area (Å²) < 4.78 is 44.8. The fourth-order valence-electron chi connectivity index (χ4n) is 1.79. The van der Waals surface area contributed by atoms with Crippen LogP contribution in [0.5, 0.6) is 5.75 Å². The van der Waals surface area contributed by atoms with E-state index in [9.17, 15) is 22.8 Å². The van der Waals surface area contributed by atoms with Gasteiger partial charge in [0.15, 0.2) is 29.8 Å². The van der Waals surface area contributed by atoms with E-state index in [-0.39, 0.29) is 11.3 Å². The molecule has 0 spiro atoms. The molecule has 0 bridgehead atoms. The van der Waals surface area contributed by atoms with Gasteiger partial charge in [-0.15, -0.1) is 0 Å². The normalized spacial score (nSPS) is 11.7. The van der Waals surface area contributed by atoms with Crippen molar-refractivity contribution in [3.8, 4) is 5.75 Å². The summed E-state index contributed by atoms with van der Waals surface area (Å²) in [6.07, 6.45) is -0.529. The van der Waals surface area contributed by atoms with Crippen LogP contribution in [0.15, 0.2) is 36.4 Å². The Bertz CT molecular complexity index is 749. The summed E-state index contributed by atoms with van der Waals surface area (Å²) >= 11 is 0. The molecule has 0 heterocycles. The van der Waals surface area contributed by atoms with Crippen molar-refractivity contribution in [2.75, 3.05) is 5.32 Å². The summed E-state index contributed by atoms with van der Waals surface area (Å²) in [6, 6.07) is 7.83. The highest BCUT2D eigenvalue weighted by atomic mass is 19.2. The summed E-state index contributed by atoms with van der Waals surface area (Å²) in [4.78, 5) is 22.8. The summed E-state index contributed by atoms with van der Waals surface area (Å²) in [6.45, 7) is 1.37. The van der Waals surface area contributed by atoms with Crippen molar-refractivity contribution in [2.24, 2.45) is 0 Å². The highest BCUT2D eigenvalue weighted by Gasteiger charge is 2.20. The number of ether oxygens (including phenoxy) is 1. The third kappa shape index (κ3) is 3.68. The first kappa shape index (κ1) is 16.5. The number of para-hydroxylation sites is 1. The number of carbonyl (C=O) groups is 2. The van der Waals surface area contributed by atoms with Gasteiger partial charge >= 0.3 is 0 Å². The largest absolute Gasteiger partial charge is 0.480 e. The number of aldehydes is 1. The molecule has 2 aromatic carbocycles. The average molecular weight is 323 g/mol. The minimum atomic E-state index is -1.68. The number of benzene rings is 2. The van der Waals surface area contributed by atoms with Gasteiger partial charge in [0.1, 0.15) is 5.75 Å². The van der Waals surface area contributed by atoms with Gasteiger partial charge in [0.25, 0.3) is 5.91 Å². The topological polar surface area (TPSA) is 55.4 Å². The summed E-state index contributed by atoms with van der Waals surface area (Å²) in [5.74, 6) is -5.14. The van der Waals surface area contributed by atoms with Gasteiger partial charge < -0.3 is 10.1 Å². The first-order valence-corrected chi connectivity index (χ1v) is 6.59. The lowest BCUT2D eigenvalue weighted by Crippen LogP contribution is -2.30. The van der Waals surface area contributed by atoms with E-state index in [1.807, 2.05) is 0 Å². The number of hydrogen-bond donors (Lipinski definition) is 1. The van der Waals surface area contributed by atoms with E-state index in [1.165, 1.54) is 19.1 Å². The van der Waals surface area contributed by atoms with E-state index >= 15 is 0 Å². The molecule has 1 amide bonds. The Hall–Kier alpha value is -2.83. The van der Waals surface area contributed by atoms with Gasteiger partial charge in [0, 0.05) is 0 Å². The van der Waals surface area contributed by atoms with Crippen LogP contribution < -0.4 is 10.1 Å². The molecule has 7 heteroatoms. The number of halogens is 3. The fraction of sp³-hybridized carbons (Fsp3) is 0.125. The monoisotopic (exact) mass is 323 g/mol. The zero-order valence-electron chi connectivity index (χ0n) is 12.0. The predicted molar refractivity (Wildman–Crippen MR) is 76.9 cm³/mol. The molecule has 0 saturated heterocycles.